The first-order valence-corrected chi connectivity index (χ1v) is 21.9. The first-order valence-electron chi connectivity index (χ1n) is 21.0. The minimum Gasteiger partial charge on any atom is -0.481 e. The molecule has 0 spiro atoms. The lowest BCUT2D eigenvalue weighted by atomic mass is 9.85. The number of aromatic nitrogens is 1. The van der Waals surface area contributed by atoms with Crippen molar-refractivity contribution in [1.29, 1.82) is 0 Å². The average molecular weight is 842 g/mol. The molecule has 1 aliphatic carbocycles. The molecule has 16 heteroatoms. The van der Waals surface area contributed by atoms with E-state index >= 15 is 0 Å². The molecule has 1 saturated carbocycles. The molecule has 4 rings (SSSR count). The molecule has 1 fully saturated rings. The molecule has 2 heterocycles. The fourth-order valence-corrected chi connectivity index (χ4v) is 7.80. The Hall–Kier alpha value is -4.35. The third-order valence-electron chi connectivity index (χ3n) is 10.3. The van der Waals surface area contributed by atoms with Gasteiger partial charge in [0.1, 0.15) is 12.2 Å². The first kappa shape index (κ1) is 47.3. The monoisotopic (exact) mass is 841 g/mol. The predicted octanol–water partition coefficient (Wildman–Crippen LogP) is 4.94. The molecule has 4 N–H and O–H groups in total. The Balaban J connectivity index is 1.03. The molecule has 4 amide bonds. The predicted molar refractivity (Wildman–Crippen MR) is 227 cm³/mol. The fourth-order valence-electron chi connectivity index (χ4n) is 6.98. The van der Waals surface area contributed by atoms with Crippen molar-refractivity contribution in [2.45, 2.75) is 90.6 Å². The number of carboxylic acids is 1. The van der Waals surface area contributed by atoms with Crippen LogP contribution in [0, 0.1) is 5.92 Å². The van der Waals surface area contributed by atoms with Crippen LogP contribution in [-0.4, -0.2) is 118 Å². The SMILES string of the molecule is CCc1cccc(N(CC)C(=O)Cn2c(C(=O)N[C@H]3CC[C@H](C(=O)NCCCCCC(=O)NCCOCCOCCOCCOCCC(=O)O)CC3)cc3sccc32)c1. The van der Waals surface area contributed by atoms with Gasteiger partial charge in [-0.05, 0) is 87.1 Å². The third kappa shape index (κ3) is 16.7. The molecule has 2 aromatic heterocycles. The van der Waals surface area contributed by atoms with Crippen LogP contribution >= 0.6 is 11.3 Å². The molecule has 0 aliphatic heterocycles. The van der Waals surface area contributed by atoms with Gasteiger partial charge in [-0.2, -0.15) is 0 Å². The molecule has 1 aromatic carbocycles. The second kappa shape index (κ2) is 26.7. The molecule has 0 radical (unpaired) electrons. The number of carbonyl (C=O) groups is 5. The van der Waals surface area contributed by atoms with Gasteiger partial charge in [-0.1, -0.05) is 25.5 Å². The molecule has 0 unspecified atom stereocenters. The number of rotatable bonds is 29. The lowest BCUT2D eigenvalue weighted by Crippen LogP contribution is -2.42. The summed E-state index contributed by atoms with van der Waals surface area (Å²) in [7, 11) is 0. The van der Waals surface area contributed by atoms with Crippen molar-refractivity contribution in [2.24, 2.45) is 5.92 Å². The van der Waals surface area contributed by atoms with Gasteiger partial charge in [-0.15, -0.1) is 11.3 Å². The number of aliphatic carboxylic acids is 1. The zero-order valence-corrected chi connectivity index (χ0v) is 35.5. The van der Waals surface area contributed by atoms with E-state index in [0.717, 1.165) is 47.2 Å². The molecule has 0 atom stereocenters. The Morgan fingerprint density at radius 1 is 0.797 bits per heavy atom. The van der Waals surface area contributed by atoms with Crippen LogP contribution in [0.2, 0.25) is 0 Å². The number of hydrogen-bond acceptors (Lipinski definition) is 10. The number of carboxylic acid groups (broad SMARTS) is 1. The second-order valence-electron chi connectivity index (χ2n) is 14.5. The highest BCUT2D eigenvalue weighted by molar-refractivity contribution is 7.17. The normalized spacial score (nSPS) is 15.2. The van der Waals surface area contributed by atoms with Gasteiger partial charge in [0.2, 0.25) is 17.7 Å². The summed E-state index contributed by atoms with van der Waals surface area (Å²) in [5.74, 6) is -1.25. The van der Waals surface area contributed by atoms with Crippen LogP contribution in [0.4, 0.5) is 5.69 Å². The Bertz CT molecular complexity index is 1750. The van der Waals surface area contributed by atoms with E-state index in [0.29, 0.717) is 104 Å². The molecular weight excluding hydrogens is 779 g/mol. The van der Waals surface area contributed by atoms with Crippen molar-refractivity contribution in [3.05, 3.63) is 53.0 Å². The third-order valence-corrected chi connectivity index (χ3v) is 11.1. The summed E-state index contributed by atoms with van der Waals surface area (Å²) < 4.78 is 24.1. The average Bonchev–Trinajstić information content (AvgIpc) is 3.83. The van der Waals surface area contributed by atoms with E-state index in [9.17, 15) is 24.0 Å². The number of ether oxygens (including phenoxy) is 4. The summed E-state index contributed by atoms with van der Waals surface area (Å²) in [6.07, 6.45) is 6.42. The van der Waals surface area contributed by atoms with Gasteiger partial charge in [0.15, 0.2) is 0 Å². The summed E-state index contributed by atoms with van der Waals surface area (Å²) in [6, 6.07) is 11.8. The Kier molecular flexibility index (Phi) is 21.4. The van der Waals surface area contributed by atoms with E-state index in [1.807, 2.05) is 47.2 Å². The van der Waals surface area contributed by atoms with E-state index < -0.39 is 5.97 Å². The summed E-state index contributed by atoms with van der Waals surface area (Å²) >= 11 is 1.54. The fraction of sp³-hybridized carbons (Fsp3) is 0.605. The zero-order chi connectivity index (χ0) is 42.2. The number of likely N-dealkylation sites (N-methyl/N-ethyl adjacent to an activating group) is 1. The number of benzene rings is 1. The number of nitrogens with zero attached hydrogens (tertiary/aromatic N) is 2. The van der Waals surface area contributed by atoms with Crippen molar-refractivity contribution in [1.82, 2.24) is 20.5 Å². The molecule has 326 valence electrons. The quantitative estimate of drug-likeness (QED) is 0.0698. The van der Waals surface area contributed by atoms with E-state index in [2.05, 4.69) is 28.9 Å². The highest BCUT2D eigenvalue weighted by atomic mass is 32.1. The number of thiophene rings is 1. The number of nitrogens with one attached hydrogen (secondary N) is 3. The maximum absolute atomic E-state index is 13.7. The molecule has 15 nitrogen and oxygen atoms in total. The Labute approximate surface area is 351 Å². The van der Waals surface area contributed by atoms with Crippen LogP contribution in [0.3, 0.4) is 0 Å². The number of fused-ring (bicyclic) bond motifs is 1. The number of hydrogen-bond donors (Lipinski definition) is 4. The standard InChI is InChI=1S/C43H63N5O10S/c1-3-32-9-8-10-35(29-32)47(4-2)40(50)31-48-36-17-28-59-38(36)30-37(48)43(54)46-34-14-12-33(13-15-34)42(53)45-18-7-5-6-11-39(49)44-19-21-56-23-25-58-27-26-57-24-22-55-20-16-41(51)52/h8-10,17,28-30,33-34H,3-7,11-16,18-27,31H2,1-2H3,(H,44,49)(H,45,53)(H,46,54)(H,51,52)/t33-,34-. The van der Waals surface area contributed by atoms with Gasteiger partial charge in [-0.25, -0.2) is 0 Å². The number of unbranched alkanes of at least 4 members (excludes halogenated alkanes) is 2. The van der Waals surface area contributed by atoms with Crippen LogP contribution in [-0.2, 0) is 51.1 Å². The van der Waals surface area contributed by atoms with E-state index in [1.165, 1.54) is 0 Å². The lowest BCUT2D eigenvalue weighted by molar-refractivity contribution is -0.138. The number of amides is 4. The lowest BCUT2D eigenvalue weighted by Gasteiger charge is -2.28. The summed E-state index contributed by atoms with van der Waals surface area (Å²) in [4.78, 5) is 64.5. The topological polar surface area (TPSA) is 187 Å². The maximum atomic E-state index is 13.7. The summed E-state index contributed by atoms with van der Waals surface area (Å²) in [5, 5.41) is 19.6. The molecule has 0 bridgehead atoms. The molecular formula is C43H63N5O10S. The smallest absolute Gasteiger partial charge is 0.305 e. The molecule has 1 aliphatic rings. The minimum absolute atomic E-state index is 0.0228. The van der Waals surface area contributed by atoms with Gasteiger partial charge in [0, 0.05) is 43.7 Å². The van der Waals surface area contributed by atoms with E-state index in [4.69, 9.17) is 24.1 Å². The van der Waals surface area contributed by atoms with Crippen molar-refractivity contribution < 1.29 is 48.0 Å². The van der Waals surface area contributed by atoms with Gasteiger partial charge < -0.3 is 49.5 Å². The van der Waals surface area contributed by atoms with E-state index in [-0.39, 0.29) is 55.2 Å². The van der Waals surface area contributed by atoms with Crippen LogP contribution in [0.25, 0.3) is 10.2 Å². The highest BCUT2D eigenvalue weighted by Gasteiger charge is 2.29. The molecule has 0 saturated heterocycles. The Morgan fingerprint density at radius 2 is 1.49 bits per heavy atom. The number of aryl methyl sites for hydroxylation is 1. The highest BCUT2D eigenvalue weighted by Crippen LogP contribution is 2.28. The van der Waals surface area contributed by atoms with Gasteiger partial charge in [0.25, 0.3) is 5.91 Å². The zero-order valence-electron chi connectivity index (χ0n) is 34.7. The molecule has 3 aromatic rings. The van der Waals surface area contributed by atoms with Crippen LogP contribution in [0.5, 0.6) is 0 Å². The maximum Gasteiger partial charge on any atom is 0.305 e. The summed E-state index contributed by atoms with van der Waals surface area (Å²) in [6.45, 7) is 8.53. The summed E-state index contributed by atoms with van der Waals surface area (Å²) in [5.41, 5.74) is 3.36. The largest absolute Gasteiger partial charge is 0.481 e. The number of carbonyl (C=O) groups excluding carboxylic acids is 4. The van der Waals surface area contributed by atoms with Crippen LogP contribution < -0.4 is 20.9 Å². The van der Waals surface area contributed by atoms with Gasteiger partial charge in [-0.3, -0.25) is 24.0 Å². The van der Waals surface area contributed by atoms with Gasteiger partial charge >= 0.3 is 5.97 Å². The van der Waals surface area contributed by atoms with Crippen molar-refractivity contribution in [3.8, 4) is 0 Å². The minimum atomic E-state index is -0.890. The Morgan fingerprint density at radius 3 is 2.17 bits per heavy atom. The van der Waals surface area contributed by atoms with Crippen LogP contribution in [0.15, 0.2) is 41.8 Å². The van der Waals surface area contributed by atoms with Crippen molar-refractivity contribution >= 4 is 56.8 Å². The first-order chi connectivity index (χ1) is 28.7. The van der Waals surface area contributed by atoms with Crippen molar-refractivity contribution in [2.75, 3.05) is 77.4 Å². The van der Waals surface area contributed by atoms with Gasteiger partial charge in [0.05, 0.1) is 69.5 Å². The number of anilines is 1. The molecule has 59 heavy (non-hydrogen) atoms. The second-order valence-corrected chi connectivity index (χ2v) is 15.5. The van der Waals surface area contributed by atoms with Crippen molar-refractivity contribution in [3.63, 3.8) is 0 Å². The van der Waals surface area contributed by atoms with E-state index in [1.54, 1.807) is 16.2 Å². The van der Waals surface area contributed by atoms with Crippen LogP contribution in [0.1, 0.15) is 87.7 Å².